The molecule has 0 amide bonds. The van der Waals surface area contributed by atoms with E-state index >= 15 is 0 Å². The lowest BCUT2D eigenvalue weighted by molar-refractivity contribution is -0.147. The lowest BCUT2D eigenvalue weighted by atomic mass is 10.0. The molecule has 0 spiro atoms. The lowest BCUT2D eigenvalue weighted by Gasteiger charge is -2.20. The number of anilines is 1. The molecule has 0 aliphatic rings. The molecule has 0 bridgehead atoms. The smallest absolute Gasteiger partial charge is 0.348 e. The van der Waals surface area contributed by atoms with Crippen LogP contribution in [-0.2, 0) is 14.3 Å². The molecule has 0 saturated heterocycles. The van der Waals surface area contributed by atoms with Crippen molar-refractivity contribution in [3.05, 3.63) is 52.7 Å². The van der Waals surface area contributed by atoms with Gasteiger partial charge in [-0.3, -0.25) is 4.79 Å². The molecule has 1 unspecified atom stereocenters. The molecule has 2 heterocycles. The second-order valence-corrected chi connectivity index (χ2v) is 8.03. The van der Waals surface area contributed by atoms with Crippen molar-refractivity contribution >= 4 is 39.3 Å². The van der Waals surface area contributed by atoms with E-state index in [1.165, 1.54) is 17.7 Å². The number of fused-ring (bicyclic) bond motifs is 1. The van der Waals surface area contributed by atoms with Gasteiger partial charge in [0.15, 0.2) is 0 Å². The molecule has 1 aromatic carbocycles. The van der Waals surface area contributed by atoms with Crippen LogP contribution in [0.25, 0.3) is 10.2 Å². The number of hydrogen-bond donors (Lipinski definition) is 1. The Labute approximate surface area is 179 Å². The summed E-state index contributed by atoms with van der Waals surface area (Å²) in [5.41, 5.74) is 1.69. The van der Waals surface area contributed by atoms with Gasteiger partial charge in [0.25, 0.3) is 0 Å². The van der Waals surface area contributed by atoms with Crippen LogP contribution in [0.1, 0.15) is 54.0 Å². The quantitative estimate of drug-likeness (QED) is 0.522. The van der Waals surface area contributed by atoms with E-state index in [1.54, 1.807) is 6.92 Å². The van der Waals surface area contributed by atoms with Crippen LogP contribution in [0.5, 0.6) is 0 Å². The molecule has 0 saturated carbocycles. The van der Waals surface area contributed by atoms with Crippen LogP contribution in [0.4, 0.5) is 5.82 Å². The summed E-state index contributed by atoms with van der Waals surface area (Å²) in [6, 6.07) is 9.31. The molecule has 30 heavy (non-hydrogen) atoms. The van der Waals surface area contributed by atoms with E-state index in [-0.39, 0.29) is 30.5 Å². The molecule has 8 heteroatoms. The molecule has 0 aliphatic heterocycles. The van der Waals surface area contributed by atoms with E-state index < -0.39 is 0 Å². The molecule has 158 valence electrons. The zero-order valence-electron chi connectivity index (χ0n) is 17.5. The van der Waals surface area contributed by atoms with Crippen molar-refractivity contribution in [1.29, 1.82) is 0 Å². The van der Waals surface area contributed by atoms with E-state index in [0.29, 0.717) is 22.1 Å². The van der Waals surface area contributed by atoms with Crippen LogP contribution in [0.2, 0.25) is 0 Å². The van der Waals surface area contributed by atoms with Gasteiger partial charge in [-0.05, 0) is 38.8 Å². The standard InChI is InChI=1S/C22H25N3O4S/c1-5-28-22(27)19-14(4)18-20(23-12-24-21(18)30-19)25-16(11-17(26)29-13(2)3)15-9-7-6-8-10-15/h6-10,12-13,16H,5,11H2,1-4H3,(H,23,24,25). The van der Waals surface area contributed by atoms with E-state index in [9.17, 15) is 9.59 Å². The third-order valence-electron chi connectivity index (χ3n) is 4.44. The molecule has 1 atom stereocenters. The maximum Gasteiger partial charge on any atom is 0.348 e. The van der Waals surface area contributed by atoms with Gasteiger partial charge in [-0.1, -0.05) is 30.3 Å². The second kappa shape index (κ2) is 9.67. The largest absolute Gasteiger partial charge is 0.463 e. The number of aromatic nitrogens is 2. The average molecular weight is 428 g/mol. The Morgan fingerprint density at radius 1 is 1.17 bits per heavy atom. The molecule has 0 fully saturated rings. The maximum absolute atomic E-state index is 12.4. The zero-order valence-corrected chi connectivity index (χ0v) is 18.3. The normalized spacial score (nSPS) is 12.0. The number of aryl methyl sites for hydroxylation is 1. The van der Waals surface area contributed by atoms with Gasteiger partial charge in [0.2, 0.25) is 0 Å². The first-order valence-electron chi connectivity index (χ1n) is 9.82. The monoisotopic (exact) mass is 427 g/mol. The Morgan fingerprint density at radius 2 is 1.90 bits per heavy atom. The molecular formula is C22H25N3O4S. The minimum Gasteiger partial charge on any atom is -0.463 e. The van der Waals surface area contributed by atoms with Gasteiger partial charge in [-0.15, -0.1) is 11.3 Å². The molecule has 3 rings (SSSR count). The van der Waals surface area contributed by atoms with Gasteiger partial charge in [-0.25, -0.2) is 14.8 Å². The summed E-state index contributed by atoms with van der Waals surface area (Å²) in [6.45, 7) is 7.57. The molecule has 1 N–H and O–H groups in total. The number of carbonyl (C=O) groups is 2. The third-order valence-corrected chi connectivity index (χ3v) is 5.62. The second-order valence-electron chi connectivity index (χ2n) is 7.03. The van der Waals surface area contributed by atoms with E-state index in [4.69, 9.17) is 9.47 Å². The highest BCUT2D eigenvalue weighted by Crippen LogP contribution is 2.35. The van der Waals surface area contributed by atoms with Crippen LogP contribution in [0, 0.1) is 6.92 Å². The topological polar surface area (TPSA) is 90.4 Å². The van der Waals surface area contributed by atoms with Crippen molar-refractivity contribution < 1.29 is 19.1 Å². The fourth-order valence-corrected chi connectivity index (χ4v) is 4.20. The Bertz CT molecular complexity index is 1030. The predicted molar refractivity (Wildman–Crippen MR) is 117 cm³/mol. The highest BCUT2D eigenvalue weighted by Gasteiger charge is 2.23. The summed E-state index contributed by atoms with van der Waals surface area (Å²) in [6.07, 6.45) is 1.40. The Balaban J connectivity index is 1.97. The summed E-state index contributed by atoms with van der Waals surface area (Å²) in [4.78, 5) is 34.6. The first-order chi connectivity index (χ1) is 14.4. The van der Waals surface area contributed by atoms with E-state index in [2.05, 4.69) is 15.3 Å². The van der Waals surface area contributed by atoms with Crippen LogP contribution in [0.3, 0.4) is 0 Å². The minimum absolute atomic E-state index is 0.140. The number of hydrogen-bond acceptors (Lipinski definition) is 8. The Kier molecular flexibility index (Phi) is 6.99. The predicted octanol–water partition coefficient (Wildman–Crippen LogP) is 4.67. The van der Waals surface area contributed by atoms with E-state index in [1.807, 2.05) is 51.1 Å². The third kappa shape index (κ3) is 4.94. The van der Waals surface area contributed by atoms with Crippen LogP contribution in [-0.4, -0.2) is 34.6 Å². The summed E-state index contributed by atoms with van der Waals surface area (Å²) < 4.78 is 10.5. The van der Waals surface area contributed by atoms with Crippen molar-refractivity contribution in [3.63, 3.8) is 0 Å². The number of carbonyl (C=O) groups excluding carboxylic acids is 2. The summed E-state index contributed by atoms with van der Waals surface area (Å²) in [5, 5.41) is 4.12. The van der Waals surface area contributed by atoms with Crippen molar-refractivity contribution in [2.75, 3.05) is 11.9 Å². The zero-order chi connectivity index (χ0) is 21.7. The van der Waals surface area contributed by atoms with Gasteiger partial charge < -0.3 is 14.8 Å². The fourth-order valence-electron chi connectivity index (χ4n) is 3.15. The van der Waals surface area contributed by atoms with Crippen LogP contribution in [0.15, 0.2) is 36.7 Å². The van der Waals surface area contributed by atoms with Gasteiger partial charge in [0.1, 0.15) is 21.9 Å². The van der Waals surface area contributed by atoms with Crippen molar-refractivity contribution in [3.8, 4) is 0 Å². The molecular weight excluding hydrogens is 402 g/mol. The first-order valence-corrected chi connectivity index (χ1v) is 10.6. The van der Waals surface area contributed by atoms with Gasteiger partial charge >= 0.3 is 11.9 Å². The van der Waals surface area contributed by atoms with Crippen LogP contribution >= 0.6 is 11.3 Å². The molecule has 2 aromatic heterocycles. The lowest BCUT2D eigenvalue weighted by Crippen LogP contribution is -2.20. The summed E-state index contributed by atoms with van der Waals surface area (Å²) >= 11 is 1.27. The SMILES string of the molecule is CCOC(=O)c1sc2ncnc(NC(CC(=O)OC(C)C)c3ccccc3)c2c1C. The minimum atomic E-state index is -0.371. The average Bonchev–Trinajstić information content (AvgIpc) is 3.05. The highest BCUT2D eigenvalue weighted by molar-refractivity contribution is 7.20. The molecule has 7 nitrogen and oxygen atoms in total. The van der Waals surface area contributed by atoms with Crippen molar-refractivity contribution in [1.82, 2.24) is 9.97 Å². The summed E-state index contributed by atoms with van der Waals surface area (Å²) in [5.74, 6) is -0.106. The van der Waals surface area contributed by atoms with Gasteiger partial charge in [0.05, 0.1) is 30.6 Å². The fraction of sp³-hybridized carbons (Fsp3) is 0.364. The molecule has 0 radical (unpaired) electrons. The van der Waals surface area contributed by atoms with Gasteiger partial charge in [0, 0.05) is 0 Å². The maximum atomic E-state index is 12.4. The van der Waals surface area contributed by atoms with Crippen molar-refractivity contribution in [2.24, 2.45) is 0 Å². The van der Waals surface area contributed by atoms with E-state index in [0.717, 1.165) is 16.5 Å². The highest BCUT2D eigenvalue weighted by atomic mass is 32.1. The van der Waals surface area contributed by atoms with Crippen molar-refractivity contribution in [2.45, 2.75) is 46.3 Å². The first kappa shape index (κ1) is 21.7. The molecule has 0 aliphatic carbocycles. The Morgan fingerprint density at radius 3 is 2.57 bits per heavy atom. The number of esters is 2. The number of benzene rings is 1. The Hall–Kier alpha value is -3.00. The number of nitrogens with one attached hydrogen (secondary N) is 1. The number of ether oxygens (including phenoxy) is 2. The summed E-state index contributed by atoms with van der Waals surface area (Å²) in [7, 11) is 0. The number of thiophene rings is 1. The molecule has 3 aromatic rings. The number of nitrogens with zero attached hydrogens (tertiary/aromatic N) is 2. The van der Waals surface area contributed by atoms with Gasteiger partial charge in [-0.2, -0.15) is 0 Å². The number of rotatable bonds is 8. The van der Waals surface area contributed by atoms with Crippen LogP contribution < -0.4 is 5.32 Å².